The van der Waals surface area contributed by atoms with E-state index < -0.39 is 12.0 Å². The Hall–Kier alpha value is -2.44. The van der Waals surface area contributed by atoms with Crippen LogP contribution in [0.1, 0.15) is 57.9 Å². The lowest BCUT2D eigenvalue weighted by molar-refractivity contribution is -0.133. The Morgan fingerprint density at radius 1 is 1.00 bits per heavy atom. The molecule has 6 nitrogen and oxygen atoms in total. The van der Waals surface area contributed by atoms with E-state index in [2.05, 4.69) is 24.7 Å². The summed E-state index contributed by atoms with van der Waals surface area (Å²) in [6.45, 7) is 6.39. The van der Waals surface area contributed by atoms with Crippen LogP contribution in [-0.4, -0.2) is 24.5 Å². The number of hydrogen-bond donors (Lipinski definition) is 2. The Morgan fingerprint density at radius 2 is 1.75 bits per heavy atom. The third-order valence-corrected chi connectivity index (χ3v) is 5.55. The lowest BCUT2D eigenvalue weighted by Crippen LogP contribution is -2.48. The molecule has 0 saturated carbocycles. The van der Waals surface area contributed by atoms with Crippen molar-refractivity contribution in [3.05, 3.63) is 58.1 Å². The summed E-state index contributed by atoms with van der Waals surface area (Å²) in [6, 6.07) is 12.7. The molecule has 0 saturated heterocycles. The number of rotatable bonds is 11. The number of hydrazine groups is 1. The van der Waals surface area contributed by atoms with Gasteiger partial charge in [0.2, 0.25) is 5.91 Å². The van der Waals surface area contributed by atoms with Crippen molar-refractivity contribution < 1.29 is 19.1 Å². The second-order valence-corrected chi connectivity index (χ2v) is 8.27. The fourth-order valence-corrected chi connectivity index (χ4v) is 3.43. The molecule has 0 radical (unpaired) electrons. The molecule has 2 aromatic rings. The minimum atomic E-state index is -0.712. The number of amides is 2. The molecule has 174 valence electrons. The maximum atomic E-state index is 12.5. The van der Waals surface area contributed by atoms with Gasteiger partial charge in [-0.15, -0.1) is 0 Å². The highest BCUT2D eigenvalue weighted by Crippen LogP contribution is 2.29. The van der Waals surface area contributed by atoms with Crippen LogP contribution in [0.15, 0.2) is 42.5 Å². The predicted octanol–water partition coefficient (Wildman–Crippen LogP) is 5.67. The number of hydrogen-bond acceptors (Lipinski definition) is 4. The quantitative estimate of drug-likeness (QED) is 0.320. The highest BCUT2D eigenvalue weighted by molar-refractivity contribution is 6.35. The van der Waals surface area contributed by atoms with Crippen molar-refractivity contribution in [2.75, 3.05) is 6.61 Å². The van der Waals surface area contributed by atoms with Crippen molar-refractivity contribution in [2.24, 2.45) is 0 Å². The van der Waals surface area contributed by atoms with Gasteiger partial charge in [0, 0.05) is 11.4 Å². The van der Waals surface area contributed by atoms with E-state index in [1.165, 1.54) is 0 Å². The fourth-order valence-electron chi connectivity index (χ4n) is 2.97. The van der Waals surface area contributed by atoms with Crippen molar-refractivity contribution in [3.8, 4) is 11.5 Å². The zero-order valence-corrected chi connectivity index (χ0v) is 20.1. The second kappa shape index (κ2) is 13.2. The van der Waals surface area contributed by atoms with Gasteiger partial charge >= 0.3 is 0 Å². The molecule has 2 aromatic carbocycles. The number of carbonyl (C=O) groups is 2. The molecule has 2 rings (SSSR count). The topological polar surface area (TPSA) is 76.7 Å². The third-order valence-electron chi connectivity index (χ3n) is 5.02. The molecule has 2 unspecified atom stereocenters. The van der Waals surface area contributed by atoms with Gasteiger partial charge in [0.15, 0.2) is 6.10 Å². The highest BCUT2D eigenvalue weighted by Gasteiger charge is 2.21. The molecular weight excluding hydrogens is 451 g/mol. The van der Waals surface area contributed by atoms with Crippen LogP contribution in [0.2, 0.25) is 10.0 Å². The van der Waals surface area contributed by atoms with Gasteiger partial charge in [-0.2, -0.15) is 0 Å². The maximum Gasteiger partial charge on any atom is 0.279 e. The van der Waals surface area contributed by atoms with Crippen LogP contribution >= 0.6 is 23.2 Å². The minimum Gasteiger partial charge on any atom is -0.492 e. The average molecular weight is 481 g/mol. The normalized spacial score (nSPS) is 12.5. The zero-order chi connectivity index (χ0) is 23.5. The lowest BCUT2D eigenvalue weighted by atomic mass is 9.98. The first kappa shape index (κ1) is 25.8. The van der Waals surface area contributed by atoms with Crippen molar-refractivity contribution in [1.29, 1.82) is 0 Å². The standard InChI is InChI=1S/C24H30Cl2N2O4/c1-4-16(3)18-9-6-7-10-21(18)32-20(5-2)24(30)28-27-23(29)11-8-14-31-22-13-12-17(25)15-19(22)26/h6-7,9-10,12-13,15-16,20H,4-5,8,11,14H2,1-3H3,(H,27,29)(H,28,30). The average Bonchev–Trinajstić information content (AvgIpc) is 2.79. The molecule has 0 spiro atoms. The Morgan fingerprint density at radius 3 is 2.44 bits per heavy atom. The Bertz CT molecular complexity index is 907. The van der Waals surface area contributed by atoms with E-state index >= 15 is 0 Å². The van der Waals surface area contributed by atoms with Gasteiger partial charge in [-0.1, -0.05) is 62.2 Å². The van der Waals surface area contributed by atoms with Gasteiger partial charge in [-0.25, -0.2) is 0 Å². The fraction of sp³-hybridized carbons (Fsp3) is 0.417. The van der Waals surface area contributed by atoms with E-state index in [0.717, 1.165) is 12.0 Å². The summed E-state index contributed by atoms with van der Waals surface area (Å²) in [5.74, 6) is 0.790. The molecule has 0 aliphatic carbocycles. The molecule has 8 heteroatoms. The molecule has 0 heterocycles. The third kappa shape index (κ3) is 7.92. The van der Waals surface area contributed by atoms with Crippen LogP contribution < -0.4 is 20.3 Å². The summed E-state index contributed by atoms with van der Waals surface area (Å²) in [6.07, 6.45) is 1.35. The van der Waals surface area contributed by atoms with Gasteiger partial charge < -0.3 is 9.47 Å². The van der Waals surface area contributed by atoms with Crippen LogP contribution in [0, 0.1) is 0 Å². The minimum absolute atomic E-state index is 0.181. The number of carbonyl (C=O) groups excluding carboxylic acids is 2. The molecule has 2 atom stereocenters. The van der Waals surface area contributed by atoms with Crippen LogP contribution in [0.3, 0.4) is 0 Å². The maximum absolute atomic E-state index is 12.5. The summed E-state index contributed by atoms with van der Waals surface area (Å²) in [7, 11) is 0. The summed E-state index contributed by atoms with van der Waals surface area (Å²) in [4.78, 5) is 24.6. The SMILES string of the molecule is CCC(Oc1ccccc1C(C)CC)C(=O)NNC(=O)CCCOc1ccc(Cl)cc1Cl. The molecule has 0 fully saturated rings. The number of para-hydroxylation sites is 1. The Balaban J connectivity index is 1.77. The van der Waals surface area contributed by atoms with Crippen LogP contribution in [0.5, 0.6) is 11.5 Å². The van der Waals surface area contributed by atoms with Gasteiger partial charge in [-0.3, -0.25) is 20.4 Å². The van der Waals surface area contributed by atoms with Crippen LogP contribution in [0.25, 0.3) is 0 Å². The molecule has 0 aliphatic heterocycles. The zero-order valence-electron chi connectivity index (χ0n) is 18.6. The smallest absolute Gasteiger partial charge is 0.279 e. The van der Waals surface area contributed by atoms with E-state index in [1.54, 1.807) is 18.2 Å². The molecule has 2 amide bonds. The van der Waals surface area contributed by atoms with Crippen molar-refractivity contribution in [1.82, 2.24) is 10.9 Å². The van der Waals surface area contributed by atoms with Gasteiger partial charge in [0.25, 0.3) is 5.91 Å². The van der Waals surface area contributed by atoms with E-state index in [4.69, 9.17) is 32.7 Å². The number of nitrogens with one attached hydrogen (secondary N) is 2. The summed E-state index contributed by atoms with van der Waals surface area (Å²) < 4.78 is 11.5. The van der Waals surface area contributed by atoms with E-state index in [0.29, 0.717) is 46.9 Å². The summed E-state index contributed by atoms with van der Waals surface area (Å²) in [5, 5.41) is 0.935. The Labute approximate surface area is 199 Å². The van der Waals surface area contributed by atoms with Crippen molar-refractivity contribution in [3.63, 3.8) is 0 Å². The first-order valence-corrected chi connectivity index (χ1v) is 11.5. The summed E-state index contributed by atoms with van der Waals surface area (Å²) >= 11 is 11.9. The molecule has 0 aromatic heterocycles. The molecule has 2 N–H and O–H groups in total. The van der Waals surface area contributed by atoms with Crippen LogP contribution in [0.4, 0.5) is 0 Å². The van der Waals surface area contributed by atoms with E-state index in [1.807, 2.05) is 31.2 Å². The second-order valence-electron chi connectivity index (χ2n) is 7.43. The largest absolute Gasteiger partial charge is 0.492 e. The van der Waals surface area contributed by atoms with Crippen molar-refractivity contribution in [2.45, 2.75) is 58.5 Å². The van der Waals surface area contributed by atoms with Crippen molar-refractivity contribution >= 4 is 35.0 Å². The van der Waals surface area contributed by atoms with E-state index in [9.17, 15) is 9.59 Å². The number of benzene rings is 2. The molecule has 0 bridgehead atoms. The van der Waals surface area contributed by atoms with Gasteiger partial charge in [0.05, 0.1) is 11.6 Å². The first-order valence-electron chi connectivity index (χ1n) is 10.8. The summed E-state index contributed by atoms with van der Waals surface area (Å²) in [5.41, 5.74) is 5.94. The number of ether oxygens (including phenoxy) is 2. The van der Waals surface area contributed by atoms with E-state index in [-0.39, 0.29) is 12.3 Å². The lowest BCUT2D eigenvalue weighted by Gasteiger charge is -2.21. The monoisotopic (exact) mass is 480 g/mol. The number of halogens is 2. The van der Waals surface area contributed by atoms with Gasteiger partial charge in [-0.05, 0) is 55.0 Å². The molecular formula is C24H30Cl2N2O4. The van der Waals surface area contributed by atoms with Gasteiger partial charge in [0.1, 0.15) is 11.5 Å². The van der Waals surface area contributed by atoms with Crippen LogP contribution in [-0.2, 0) is 9.59 Å². The molecule has 0 aliphatic rings. The highest BCUT2D eigenvalue weighted by atomic mass is 35.5. The first-order chi connectivity index (χ1) is 15.3. The predicted molar refractivity (Wildman–Crippen MR) is 127 cm³/mol. The Kier molecular flexibility index (Phi) is 10.6. The molecule has 32 heavy (non-hydrogen) atoms.